The molecule has 0 aliphatic heterocycles. The molecule has 0 bridgehead atoms. The fourth-order valence-electron chi connectivity index (χ4n) is 1.89. The van der Waals surface area contributed by atoms with E-state index in [2.05, 4.69) is 10.6 Å². The van der Waals surface area contributed by atoms with Crippen molar-refractivity contribution in [3.05, 3.63) is 54.1 Å². The van der Waals surface area contributed by atoms with Crippen molar-refractivity contribution in [2.75, 3.05) is 6.61 Å². The van der Waals surface area contributed by atoms with Gasteiger partial charge in [0.05, 0.1) is 6.61 Å². The van der Waals surface area contributed by atoms with Gasteiger partial charge in [-0.15, -0.1) is 0 Å². The topological polar surface area (TPSA) is 52.9 Å². The molecule has 2 rings (SSSR count). The number of aliphatic hydroxyl groups excluding tert-OH is 1. The summed E-state index contributed by atoms with van der Waals surface area (Å²) in [7, 11) is 0. The van der Waals surface area contributed by atoms with Gasteiger partial charge in [-0.2, -0.15) is 0 Å². The molecule has 18 heavy (non-hydrogen) atoms. The lowest BCUT2D eigenvalue weighted by Gasteiger charge is -2.02. The molecule has 0 saturated carbocycles. The zero-order valence-electron chi connectivity index (χ0n) is 10.5. The van der Waals surface area contributed by atoms with Gasteiger partial charge < -0.3 is 10.5 Å². The Kier molecular flexibility index (Phi) is 3.89. The van der Waals surface area contributed by atoms with Crippen molar-refractivity contribution in [2.24, 2.45) is 0 Å². The van der Waals surface area contributed by atoms with E-state index in [0.29, 0.717) is 12.3 Å². The summed E-state index contributed by atoms with van der Waals surface area (Å²) in [5.41, 5.74) is 2.72. The number of aliphatic hydroxyl groups is 1. The predicted molar refractivity (Wildman–Crippen MR) is 69.8 cm³/mol. The second-order valence-corrected chi connectivity index (χ2v) is 4.37. The molecular weight excluding hydrogens is 226 g/mol. The predicted octanol–water partition coefficient (Wildman–Crippen LogP) is 1.20. The summed E-state index contributed by atoms with van der Waals surface area (Å²) in [4.78, 5) is 0. The Morgan fingerprint density at radius 2 is 2.28 bits per heavy atom. The van der Waals surface area contributed by atoms with Gasteiger partial charge >= 0.3 is 0 Å². The van der Waals surface area contributed by atoms with Gasteiger partial charge in [-0.05, 0) is 24.1 Å². The van der Waals surface area contributed by atoms with Crippen molar-refractivity contribution in [1.82, 2.24) is 4.57 Å². The van der Waals surface area contributed by atoms with Crippen molar-refractivity contribution in [3.8, 4) is 0 Å². The van der Waals surface area contributed by atoms with Crippen LogP contribution in [0.15, 0.2) is 43.0 Å². The van der Waals surface area contributed by atoms with Crippen LogP contribution in [-0.2, 0) is 13.1 Å². The zero-order chi connectivity index (χ0) is 13.0. The number of nitrogens with one attached hydrogen (secondary N) is 1. The first-order valence-electron chi connectivity index (χ1n) is 5.99. The monoisotopic (exact) mass is 244 g/mol. The Bertz CT molecular complexity index is 545. The van der Waals surface area contributed by atoms with Crippen molar-refractivity contribution < 1.29 is 9.67 Å². The molecule has 94 valence electrons. The quantitative estimate of drug-likeness (QED) is 0.603. The molecule has 0 aliphatic carbocycles. The molecule has 0 amide bonds. The summed E-state index contributed by atoms with van der Waals surface area (Å²) in [6.07, 6.45) is 5.90. The highest BCUT2D eigenvalue weighted by atomic mass is 16.3. The van der Waals surface area contributed by atoms with Crippen LogP contribution in [0.3, 0.4) is 0 Å². The number of hydrogen-bond donors (Lipinski definition) is 2. The molecular formula is C14H18N3O+. The van der Waals surface area contributed by atoms with E-state index in [-0.39, 0.29) is 6.61 Å². The molecule has 4 heteroatoms. The molecule has 4 nitrogen and oxygen atoms in total. The third kappa shape index (κ3) is 3.05. The highest BCUT2D eigenvalue weighted by Crippen LogP contribution is 2.05. The lowest BCUT2D eigenvalue weighted by Crippen LogP contribution is -2.31. The molecule has 0 fully saturated rings. The summed E-state index contributed by atoms with van der Waals surface area (Å²) in [6, 6.07) is 8.03. The van der Waals surface area contributed by atoms with Crippen molar-refractivity contribution in [3.63, 3.8) is 0 Å². The van der Waals surface area contributed by atoms with Gasteiger partial charge in [-0.1, -0.05) is 18.2 Å². The van der Waals surface area contributed by atoms with Crippen LogP contribution in [-0.4, -0.2) is 22.0 Å². The molecule has 2 aromatic rings. The van der Waals surface area contributed by atoms with Gasteiger partial charge in [0.15, 0.2) is 0 Å². The minimum atomic E-state index is 0.150. The Balaban J connectivity index is 2.12. The van der Waals surface area contributed by atoms with Gasteiger partial charge in [-0.3, -0.25) is 0 Å². The molecule has 0 saturated heterocycles. The van der Waals surface area contributed by atoms with Crippen molar-refractivity contribution in [1.29, 1.82) is 5.41 Å². The summed E-state index contributed by atoms with van der Waals surface area (Å²) in [5.74, 6) is 0. The first-order valence-corrected chi connectivity index (χ1v) is 5.99. The number of rotatable bonds is 5. The molecule has 2 N–H and O–H groups in total. The summed E-state index contributed by atoms with van der Waals surface area (Å²) in [5, 5.41) is 16.5. The first-order chi connectivity index (χ1) is 8.69. The average molecular weight is 244 g/mol. The zero-order valence-corrected chi connectivity index (χ0v) is 10.5. The molecule has 0 atom stereocenters. The van der Waals surface area contributed by atoms with E-state index >= 15 is 0 Å². The molecule has 0 aliphatic rings. The van der Waals surface area contributed by atoms with Gasteiger partial charge in [-0.25, -0.2) is 9.13 Å². The van der Waals surface area contributed by atoms with Crippen LogP contribution in [0.2, 0.25) is 0 Å². The largest absolute Gasteiger partial charge is 0.392 e. The van der Waals surface area contributed by atoms with E-state index in [0.717, 1.165) is 12.1 Å². The van der Waals surface area contributed by atoms with Gasteiger partial charge in [0.2, 0.25) is 6.33 Å². The number of nitrogens with zero attached hydrogens (tertiary/aromatic N) is 2. The smallest absolute Gasteiger partial charge is 0.244 e. The lowest BCUT2D eigenvalue weighted by atomic mass is 10.1. The standard InChI is InChI=1S/C14H18N3O/c1-12(15)14-4-2-3-13(9-14)10-17-6-5-16(11-17)7-8-18/h2-6,9,11,15,18H,7-8,10H2,1H3/q+1. The maximum Gasteiger partial charge on any atom is 0.244 e. The number of imidazole rings is 1. The fraction of sp³-hybridized carbons (Fsp3) is 0.286. The SMILES string of the molecule is CC(=N)c1cccc(C[n+]2ccn(CCO)c2)c1. The number of hydrogen-bond acceptors (Lipinski definition) is 2. The Hall–Kier alpha value is -1.94. The van der Waals surface area contributed by atoms with Crippen LogP contribution in [0.4, 0.5) is 0 Å². The first kappa shape index (κ1) is 12.5. The molecule has 0 unspecified atom stereocenters. The maximum atomic E-state index is 8.86. The van der Waals surface area contributed by atoms with Crippen molar-refractivity contribution >= 4 is 5.71 Å². The second kappa shape index (κ2) is 5.60. The Labute approximate surface area is 107 Å². The average Bonchev–Trinajstić information content (AvgIpc) is 2.77. The Morgan fingerprint density at radius 1 is 1.44 bits per heavy atom. The van der Waals surface area contributed by atoms with Gasteiger partial charge in [0.1, 0.15) is 25.5 Å². The molecule has 1 aromatic carbocycles. The van der Waals surface area contributed by atoms with E-state index in [1.165, 1.54) is 5.56 Å². The van der Waals surface area contributed by atoms with E-state index < -0.39 is 0 Å². The van der Waals surface area contributed by atoms with Crippen LogP contribution in [0.25, 0.3) is 0 Å². The fourth-order valence-corrected chi connectivity index (χ4v) is 1.89. The van der Waals surface area contributed by atoms with Gasteiger partial charge in [0.25, 0.3) is 0 Å². The summed E-state index contributed by atoms with van der Waals surface area (Å²) < 4.78 is 4.01. The minimum absolute atomic E-state index is 0.150. The van der Waals surface area contributed by atoms with Crippen LogP contribution in [0.5, 0.6) is 0 Å². The van der Waals surface area contributed by atoms with Crippen LogP contribution < -0.4 is 4.57 Å². The van der Waals surface area contributed by atoms with E-state index in [1.807, 2.05) is 41.5 Å². The normalized spacial score (nSPS) is 10.6. The summed E-state index contributed by atoms with van der Waals surface area (Å²) in [6.45, 7) is 3.34. The Morgan fingerprint density at radius 3 is 3.00 bits per heavy atom. The third-order valence-electron chi connectivity index (χ3n) is 2.83. The number of benzene rings is 1. The second-order valence-electron chi connectivity index (χ2n) is 4.37. The highest BCUT2D eigenvalue weighted by Gasteiger charge is 2.05. The molecule has 0 radical (unpaired) electrons. The molecule has 1 aromatic heterocycles. The molecule has 1 heterocycles. The van der Waals surface area contributed by atoms with E-state index in [4.69, 9.17) is 10.5 Å². The lowest BCUT2D eigenvalue weighted by molar-refractivity contribution is -0.687. The molecule has 0 spiro atoms. The van der Waals surface area contributed by atoms with E-state index in [9.17, 15) is 0 Å². The maximum absolute atomic E-state index is 8.86. The summed E-state index contributed by atoms with van der Waals surface area (Å²) >= 11 is 0. The third-order valence-corrected chi connectivity index (χ3v) is 2.83. The highest BCUT2D eigenvalue weighted by molar-refractivity contribution is 5.96. The van der Waals surface area contributed by atoms with E-state index in [1.54, 1.807) is 6.92 Å². The van der Waals surface area contributed by atoms with Crippen LogP contribution >= 0.6 is 0 Å². The van der Waals surface area contributed by atoms with Crippen molar-refractivity contribution in [2.45, 2.75) is 20.0 Å². The number of aromatic nitrogens is 2. The van der Waals surface area contributed by atoms with Crippen LogP contribution in [0, 0.1) is 5.41 Å². The van der Waals surface area contributed by atoms with Gasteiger partial charge in [0, 0.05) is 5.71 Å². The minimum Gasteiger partial charge on any atom is -0.392 e. The van der Waals surface area contributed by atoms with Crippen LogP contribution in [0.1, 0.15) is 18.1 Å².